The van der Waals surface area contributed by atoms with E-state index in [1.807, 2.05) is 24.0 Å². The van der Waals surface area contributed by atoms with Gasteiger partial charge in [-0.25, -0.2) is 14.8 Å². The molecule has 0 saturated carbocycles. The number of aryl methyl sites for hydroxylation is 1. The third-order valence-electron chi connectivity index (χ3n) is 4.55. The smallest absolute Gasteiger partial charge is 0.319 e. The van der Waals surface area contributed by atoms with Gasteiger partial charge in [0.2, 0.25) is 0 Å². The number of nitrogens with one attached hydrogen (secondary N) is 1. The largest absolute Gasteiger partial charge is 0.379 e. The maximum atomic E-state index is 12.3. The van der Waals surface area contributed by atoms with Gasteiger partial charge in [0.1, 0.15) is 16.8 Å². The van der Waals surface area contributed by atoms with Crippen molar-refractivity contribution < 1.29 is 9.53 Å². The van der Waals surface area contributed by atoms with Crippen LogP contribution in [0.15, 0.2) is 18.3 Å². The van der Waals surface area contributed by atoms with Crippen molar-refractivity contribution in [2.75, 3.05) is 45.7 Å². The van der Waals surface area contributed by atoms with Gasteiger partial charge in [-0.05, 0) is 25.0 Å². The van der Waals surface area contributed by atoms with E-state index in [2.05, 4.69) is 21.4 Å². The Morgan fingerprint density at radius 1 is 1.50 bits per heavy atom. The Balaban J connectivity index is 1.66. The molecule has 2 aromatic rings. The van der Waals surface area contributed by atoms with Crippen molar-refractivity contribution in [1.82, 2.24) is 19.8 Å². The highest BCUT2D eigenvalue weighted by atomic mass is 32.1. The second-order valence-electron chi connectivity index (χ2n) is 6.98. The number of anilines is 2. The van der Waals surface area contributed by atoms with Crippen molar-refractivity contribution in [2.45, 2.75) is 13.3 Å². The van der Waals surface area contributed by atoms with E-state index in [0.717, 1.165) is 17.7 Å². The molecular formula is C19H24N6O2S. The number of aromatic nitrogens is 2. The summed E-state index contributed by atoms with van der Waals surface area (Å²) >= 11 is 1.29. The topological polar surface area (TPSA) is 94.4 Å². The van der Waals surface area contributed by atoms with Crippen LogP contribution >= 0.6 is 11.3 Å². The van der Waals surface area contributed by atoms with E-state index in [0.29, 0.717) is 42.1 Å². The molecule has 0 radical (unpaired) electrons. The van der Waals surface area contributed by atoms with Gasteiger partial charge in [-0.3, -0.25) is 0 Å². The predicted octanol–water partition coefficient (Wildman–Crippen LogP) is 2.63. The monoisotopic (exact) mass is 400 g/mol. The SMILES string of the molecule is Cc1nc(Nc2ncc(C#N)s2)ccc1C[C@@H]1COCCN(C(=O)N(C)C)C1. The first-order valence-electron chi connectivity index (χ1n) is 9.09. The van der Waals surface area contributed by atoms with Crippen LogP contribution in [0.25, 0.3) is 0 Å². The van der Waals surface area contributed by atoms with E-state index in [4.69, 9.17) is 10.00 Å². The molecule has 8 nitrogen and oxygen atoms in total. The fraction of sp³-hybridized carbons (Fsp3) is 0.474. The molecule has 1 N–H and O–H groups in total. The van der Waals surface area contributed by atoms with Crippen LogP contribution in [0.4, 0.5) is 15.7 Å². The van der Waals surface area contributed by atoms with Gasteiger partial charge in [-0.2, -0.15) is 5.26 Å². The zero-order valence-electron chi connectivity index (χ0n) is 16.3. The number of ether oxygens (including phenoxy) is 1. The summed E-state index contributed by atoms with van der Waals surface area (Å²) in [6.45, 7) is 4.46. The van der Waals surface area contributed by atoms with Crippen molar-refractivity contribution >= 4 is 28.3 Å². The van der Waals surface area contributed by atoms with Gasteiger partial charge in [0.15, 0.2) is 5.13 Å². The van der Waals surface area contributed by atoms with E-state index in [-0.39, 0.29) is 11.9 Å². The Hall–Kier alpha value is -2.70. The molecule has 28 heavy (non-hydrogen) atoms. The summed E-state index contributed by atoms with van der Waals surface area (Å²) in [4.78, 5) is 25.1. The maximum absolute atomic E-state index is 12.3. The van der Waals surface area contributed by atoms with E-state index in [1.54, 1.807) is 25.2 Å². The van der Waals surface area contributed by atoms with Crippen molar-refractivity contribution in [3.05, 3.63) is 34.5 Å². The predicted molar refractivity (Wildman–Crippen MR) is 108 cm³/mol. The highest BCUT2D eigenvalue weighted by molar-refractivity contribution is 7.16. The first-order chi connectivity index (χ1) is 13.5. The Morgan fingerprint density at radius 3 is 3.00 bits per heavy atom. The van der Waals surface area contributed by atoms with Crippen LogP contribution in [-0.4, -0.2) is 66.2 Å². The van der Waals surface area contributed by atoms with Crippen LogP contribution in [0, 0.1) is 24.2 Å². The zero-order valence-corrected chi connectivity index (χ0v) is 17.1. The molecule has 3 heterocycles. The Labute approximate surface area is 168 Å². The van der Waals surface area contributed by atoms with Crippen LogP contribution < -0.4 is 5.32 Å². The standard InChI is InChI=1S/C19H24N6O2S/c1-13-15(4-5-17(22-13)23-18-21-10-16(9-20)28-18)8-14-11-25(6-7-27-12-14)19(26)24(2)3/h4-5,10,14H,6-8,11-12H2,1-3H3,(H,21,22,23)/t14-/m0/s1. The number of hydrogen-bond acceptors (Lipinski definition) is 7. The molecule has 0 bridgehead atoms. The molecule has 1 atom stereocenters. The second-order valence-corrected chi connectivity index (χ2v) is 8.01. The Morgan fingerprint density at radius 2 is 2.32 bits per heavy atom. The zero-order chi connectivity index (χ0) is 20.1. The average molecular weight is 401 g/mol. The molecule has 0 aromatic carbocycles. The molecule has 1 aliphatic rings. The molecule has 3 rings (SSSR count). The van der Waals surface area contributed by atoms with Gasteiger partial charge < -0.3 is 19.9 Å². The fourth-order valence-corrected chi connectivity index (χ4v) is 3.76. The molecule has 0 unspecified atom stereocenters. The summed E-state index contributed by atoms with van der Waals surface area (Å²) in [6, 6.07) is 6.05. The van der Waals surface area contributed by atoms with Gasteiger partial charge in [0, 0.05) is 38.8 Å². The summed E-state index contributed by atoms with van der Waals surface area (Å²) < 4.78 is 5.72. The molecule has 0 aliphatic carbocycles. The van der Waals surface area contributed by atoms with E-state index in [1.165, 1.54) is 11.3 Å². The van der Waals surface area contributed by atoms with Crippen molar-refractivity contribution in [2.24, 2.45) is 5.92 Å². The minimum Gasteiger partial charge on any atom is -0.379 e. The first kappa shape index (κ1) is 20.0. The number of thiazole rings is 1. The lowest BCUT2D eigenvalue weighted by molar-refractivity contribution is 0.121. The van der Waals surface area contributed by atoms with Crippen LogP contribution in [0.3, 0.4) is 0 Å². The Bertz CT molecular complexity index is 876. The average Bonchev–Trinajstić information content (AvgIpc) is 2.99. The van der Waals surface area contributed by atoms with Crippen LogP contribution in [0.5, 0.6) is 0 Å². The number of carbonyl (C=O) groups excluding carboxylic acids is 1. The quantitative estimate of drug-likeness (QED) is 0.848. The van der Waals surface area contributed by atoms with Crippen LogP contribution in [0.2, 0.25) is 0 Å². The highest BCUT2D eigenvalue weighted by Gasteiger charge is 2.24. The van der Waals surface area contributed by atoms with E-state index in [9.17, 15) is 4.79 Å². The minimum atomic E-state index is 0.0186. The third kappa shape index (κ3) is 4.97. The lowest BCUT2D eigenvalue weighted by Gasteiger charge is -2.26. The van der Waals surface area contributed by atoms with Gasteiger partial charge in [0.05, 0.1) is 19.4 Å². The number of pyridine rings is 1. The van der Waals surface area contributed by atoms with Gasteiger partial charge >= 0.3 is 6.03 Å². The number of hydrogen-bond donors (Lipinski definition) is 1. The van der Waals surface area contributed by atoms with Crippen LogP contribution in [0.1, 0.15) is 16.1 Å². The number of nitrogens with zero attached hydrogens (tertiary/aromatic N) is 5. The van der Waals surface area contributed by atoms with Crippen molar-refractivity contribution in [1.29, 1.82) is 5.26 Å². The molecule has 2 amide bonds. The molecule has 1 saturated heterocycles. The second kappa shape index (κ2) is 8.99. The third-order valence-corrected chi connectivity index (χ3v) is 5.36. The van der Waals surface area contributed by atoms with Crippen molar-refractivity contribution in [3.8, 4) is 6.07 Å². The summed E-state index contributed by atoms with van der Waals surface area (Å²) in [5, 5.41) is 12.7. The number of nitriles is 1. The summed E-state index contributed by atoms with van der Waals surface area (Å²) in [5.74, 6) is 0.921. The summed E-state index contributed by atoms with van der Waals surface area (Å²) in [7, 11) is 3.54. The molecular weight excluding hydrogens is 376 g/mol. The summed E-state index contributed by atoms with van der Waals surface area (Å²) in [6.07, 6.45) is 2.34. The molecule has 9 heteroatoms. The number of carbonyl (C=O) groups is 1. The normalized spacial score (nSPS) is 16.9. The van der Waals surface area contributed by atoms with Crippen molar-refractivity contribution in [3.63, 3.8) is 0 Å². The lowest BCUT2D eigenvalue weighted by Crippen LogP contribution is -2.42. The van der Waals surface area contributed by atoms with Gasteiger partial charge in [-0.1, -0.05) is 17.4 Å². The van der Waals surface area contributed by atoms with Gasteiger partial charge in [0.25, 0.3) is 0 Å². The first-order valence-corrected chi connectivity index (χ1v) is 9.91. The van der Waals surface area contributed by atoms with Crippen LogP contribution in [-0.2, 0) is 11.2 Å². The molecule has 148 valence electrons. The molecule has 0 spiro atoms. The summed E-state index contributed by atoms with van der Waals surface area (Å²) in [5.41, 5.74) is 2.06. The van der Waals surface area contributed by atoms with E-state index < -0.39 is 0 Å². The highest BCUT2D eigenvalue weighted by Crippen LogP contribution is 2.23. The lowest BCUT2D eigenvalue weighted by atomic mass is 9.98. The molecule has 1 aliphatic heterocycles. The minimum absolute atomic E-state index is 0.0186. The molecule has 1 fully saturated rings. The maximum Gasteiger partial charge on any atom is 0.319 e. The molecule has 2 aromatic heterocycles. The van der Waals surface area contributed by atoms with Gasteiger partial charge in [-0.15, -0.1) is 0 Å². The Kier molecular flexibility index (Phi) is 6.44. The number of amides is 2. The fourth-order valence-electron chi connectivity index (χ4n) is 3.14. The number of urea groups is 1. The van der Waals surface area contributed by atoms with E-state index >= 15 is 0 Å². The number of rotatable bonds is 4.